The largest absolute Gasteiger partial charge is 0.394 e. The van der Waals surface area contributed by atoms with E-state index in [9.17, 15) is 30.3 Å². The number of carbonyl (C=O) groups excluding carboxylic acids is 1. The van der Waals surface area contributed by atoms with E-state index in [1.165, 1.54) is 83.5 Å². The number of carbonyl (C=O) groups is 1. The molecule has 7 atom stereocenters. The lowest BCUT2D eigenvalue weighted by atomic mass is 9.99. The number of unbranched alkanes of at least 4 members (excludes halogenated alkanes) is 19. The van der Waals surface area contributed by atoms with Crippen molar-refractivity contribution in [3.63, 3.8) is 0 Å². The minimum atomic E-state index is -1.56. The van der Waals surface area contributed by atoms with Crippen LogP contribution in [0, 0.1) is 0 Å². The van der Waals surface area contributed by atoms with Gasteiger partial charge >= 0.3 is 0 Å². The summed E-state index contributed by atoms with van der Waals surface area (Å²) in [5.41, 5.74) is 0. The molecule has 0 spiro atoms. The molecular weight excluding hydrogens is 610 g/mol. The van der Waals surface area contributed by atoms with Crippen molar-refractivity contribution in [3.05, 3.63) is 24.3 Å². The second-order valence-corrected chi connectivity index (χ2v) is 13.7. The number of ether oxygens (including phenoxy) is 2. The average Bonchev–Trinajstić information content (AvgIpc) is 3.08. The van der Waals surface area contributed by atoms with E-state index in [0.29, 0.717) is 6.42 Å². The summed E-state index contributed by atoms with van der Waals surface area (Å²) in [6, 6.07) is -0.803. The molecular formula is C39H73NO8. The van der Waals surface area contributed by atoms with Gasteiger partial charge in [-0.05, 0) is 44.9 Å². The lowest BCUT2D eigenvalue weighted by Gasteiger charge is -2.40. The van der Waals surface area contributed by atoms with Gasteiger partial charge in [-0.1, -0.05) is 134 Å². The Morgan fingerprint density at radius 1 is 0.688 bits per heavy atom. The zero-order valence-electron chi connectivity index (χ0n) is 30.5. The van der Waals surface area contributed by atoms with Crippen molar-refractivity contribution in [2.75, 3.05) is 13.2 Å². The van der Waals surface area contributed by atoms with E-state index >= 15 is 0 Å². The van der Waals surface area contributed by atoms with Crippen molar-refractivity contribution < 1.29 is 39.8 Å². The van der Waals surface area contributed by atoms with Crippen molar-refractivity contribution in [2.24, 2.45) is 0 Å². The van der Waals surface area contributed by atoms with Crippen molar-refractivity contribution in [1.82, 2.24) is 5.32 Å². The van der Waals surface area contributed by atoms with Crippen LogP contribution < -0.4 is 5.32 Å². The topological polar surface area (TPSA) is 149 Å². The van der Waals surface area contributed by atoms with Crippen LogP contribution in [0.15, 0.2) is 24.3 Å². The van der Waals surface area contributed by atoms with E-state index in [2.05, 4.69) is 31.3 Å². The minimum absolute atomic E-state index is 0.189. The van der Waals surface area contributed by atoms with E-state index in [-0.39, 0.29) is 12.5 Å². The average molecular weight is 684 g/mol. The normalized spacial score (nSPS) is 22.9. The van der Waals surface area contributed by atoms with Crippen LogP contribution >= 0.6 is 0 Å². The molecule has 0 aromatic carbocycles. The molecule has 1 heterocycles. The molecule has 9 heteroatoms. The number of nitrogens with one attached hydrogen (secondary N) is 1. The Kier molecular flexibility index (Phi) is 28.4. The molecule has 0 aliphatic carbocycles. The molecule has 0 radical (unpaired) electrons. The van der Waals surface area contributed by atoms with Crippen LogP contribution in [0.3, 0.4) is 0 Å². The standard InChI is InChI=1S/C39H73NO8/c1-3-5-7-9-11-13-15-16-17-18-19-21-23-25-27-29-35(43)40-32(31-47-39-38(46)37(45)36(44)34(30-41)48-39)33(42)28-26-24-22-20-14-12-10-8-6-4-2/h16-17,26,28,32-34,36-39,41-42,44-46H,3-15,18-25,27,29-31H2,1-2H3,(H,40,43)/b17-16+,28-26+/t32-,33+,34-,36-,37?,38?,39-/m0/s1. The van der Waals surface area contributed by atoms with Gasteiger partial charge < -0.3 is 40.3 Å². The van der Waals surface area contributed by atoms with Gasteiger partial charge in [-0.25, -0.2) is 0 Å². The van der Waals surface area contributed by atoms with E-state index in [1.807, 2.05) is 6.08 Å². The molecule has 0 saturated carbocycles. The van der Waals surface area contributed by atoms with Crippen LogP contribution in [0.25, 0.3) is 0 Å². The Balaban J connectivity index is 2.44. The Bertz CT molecular complexity index is 807. The molecule has 1 aliphatic rings. The predicted octanol–water partition coefficient (Wildman–Crippen LogP) is 6.77. The number of allylic oxidation sites excluding steroid dienone is 3. The van der Waals surface area contributed by atoms with Gasteiger partial charge in [0, 0.05) is 6.42 Å². The molecule has 1 rings (SSSR count). The van der Waals surface area contributed by atoms with Crippen LogP contribution in [-0.4, -0.2) is 87.5 Å². The predicted molar refractivity (Wildman–Crippen MR) is 193 cm³/mol. The third kappa shape index (κ3) is 21.7. The summed E-state index contributed by atoms with van der Waals surface area (Å²) < 4.78 is 11.1. The van der Waals surface area contributed by atoms with Crippen molar-refractivity contribution in [2.45, 2.75) is 204 Å². The van der Waals surface area contributed by atoms with Gasteiger partial charge in [0.25, 0.3) is 0 Å². The fraction of sp³-hybridized carbons (Fsp3) is 0.872. The Labute approximate surface area is 292 Å². The van der Waals surface area contributed by atoms with Gasteiger partial charge in [-0.3, -0.25) is 4.79 Å². The smallest absolute Gasteiger partial charge is 0.220 e. The van der Waals surface area contributed by atoms with E-state index in [1.54, 1.807) is 6.08 Å². The number of rotatable bonds is 31. The molecule has 1 amide bonds. The highest BCUT2D eigenvalue weighted by Gasteiger charge is 2.44. The molecule has 48 heavy (non-hydrogen) atoms. The second kappa shape index (κ2) is 30.5. The van der Waals surface area contributed by atoms with Crippen molar-refractivity contribution >= 4 is 5.91 Å². The fourth-order valence-corrected chi connectivity index (χ4v) is 6.03. The maximum Gasteiger partial charge on any atom is 0.220 e. The van der Waals surface area contributed by atoms with Crippen LogP contribution in [0.1, 0.15) is 162 Å². The van der Waals surface area contributed by atoms with E-state index < -0.39 is 49.5 Å². The van der Waals surface area contributed by atoms with Gasteiger partial charge in [0.05, 0.1) is 25.4 Å². The summed E-state index contributed by atoms with van der Waals surface area (Å²) in [7, 11) is 0. The third-order valence-electron chi connectivity index (χ3n) is 9.27. The quantitative estimate of drug-likeness (QED) is 0.0346. The van der Waals surface area contributed by atoms with E-state index in [0.717, 1.165) is 57.8 Å². The number of hydrogen-bond acceptors (Lipinski definition) is 8. The Hall–Kier alpha value is -1.33. The highest BCUT2D eigenvalue weighted by atomic mass is 16.7. The summed E-state index contributed by atoms with van der Waals surface area (Å²) in [6.07, 6.45) is 26.5. The zero-order chi connectivity index (χ0) is 35.2. The lowest BCUT2D eigenvalue weighted by Crippen LogP contribution is -2.60. The summed E-state index contributed by atoms with van der Waals surface area (Å²) in [6.45, 7) is 3.71. The monoisotopic (exact) mass is 684 g/mol. The molecule has 1 saturated heterocycles. The van der Waals surface area contributed by atoms with Gasteiger partial charge in [-0.2, -0.15) is 0 Å². The summed E-state index contributed by atoms with van der Waals surface area (Å²) in [4.78, 5) is 12.8. The number of hydrogen-bond donors (Lipinski definition) is 6. The van der Waals surface area contributed by atoms with Gasteiger partial charge in [0.15, 0.2) is 6.29 Å². The molecule has 1 fully saturated rings. The Morgan fingerprint density at radius 2 is 1.17 bits per heavy atom. The molecule has 0 aromatic heterocycles. The molecule has 6 N–H and O–H groups in total. The van der Waals surface area contributed by atoms with Gasteiger partial charge in [0.1, 0.15) is 24.4 Å². The first kappa shape index (κ1) is 44.7. The maximum atomic E-state index is 12.8. The maximum absolute atomic E-state index is 12.8. The highest BCUT2D eigenvalue weighted by Crippen LogP contribution is 2.22. The summed E-state index contributed by atoms with van der Waals surface area (Å²) in [5, 5.41) is 53.8. The molecule has 282 valence electrons. The van der Waals surface area contributed by atoms with Crippen LogP contribution in [0.5, 0.6) is 0 Å². The molecule has 0 aromatic rings. The molecule has 2 unspecified atom stereocenters. The molecule has 0 bridgehead atoms. The van der Waals surface area contributed by atoms with Crippen LogP contribution in [-0.2, 0) is 14.3 Å². The minimum Gasteiger partial charge on any atom is -0.394 e. The number of aliphatic hydroxyl groups is 5. The molecule has 1 aliphatic heterocycles. The fourth-order valence-electron chi connectivity index (χ4n) is 6.03. The SMILES string of the molecule is CCCCCCCC/C=C/CCCCCCCC(=O)N[C@@H](CO[C@H]1O[C@@H](CO)[C@H](O)C(O)C1O)[C@H](O)/C=C/CCCCCCCCCC. The van der Waals surface area contributed by atoms with Crippen molar-refractivity contribution in [3.8, 4) is 0 Å². The summed E-state index contributed by atoms with van der Waals surface area (Å²) in [5.74, 6) is -0.189. The first-order chi connectivity index (χ1) is 23.3. The van der Waals surface area contributed by atoms with Crippen LogP contribution in [0.4, 0.5) is 0 Å². The Morgan fingerprint density at radius 3 is 1.69 bits per heavy atom. The first-order valence-corrected chi connectivity index (χ1v) is 19.6. The van der Waals surface area contributed by atoms with Gasteiger partial charge in [0.2, 0.25) is 5.91 Å². The highest BCUT2D eigenvalue weighted by molar-refractivity contribution is 5.76. The second-order valence-electron chi connectivity index (χ2n) is 13.7. The first-order valence-electron chi connectivity index (χ1n) is 19.6. The van der Waals surface area contributed by atoms with Crippen molar-refractivity contribution in [1.29, 1.82) is 0 Å². The van der Waals surface area contributed by atoms with E-state index in [4.69, 9.17) is 9.47 Å². The zero-order valence-corrected chi connectivity index (χ0v) is 30.5. The van der Waals surface area contributed by atoms with Gasteiger partial charge in [-0.15, -0.1) is 0 Å². The lowest BCUT2D eigenvalue weighted by molar-refractivity contribution is -0.302. The third-order valence-corrected chi connectivity index (χ3v) is 9.27. The van der Waals surface area contributed by atoms with Crippen LogP contribution in [0.2, 0.25) is 0 Å². The number of aliphatic hydroxyl groups excluding tert-OH is 5. The number of amides is 1. The molecule has 9 nitrogen and oxygen atoms in total. The summed E-state index contributed by atoms with van der Waals surface area (Å²) >= 11 is 0.